The second-order valence-electron chi connectivity index (χ2n) is 7.51. The van der Waals surface area contributed by atoms with Gasteiger partial charge in [-0.25, -0.2) is 4.79 Å². The molecular weight excluding hydrogens is 328 g/mol. The van der Waals surface area contributed by atoms with Gasteiger partial charge in [0.2, 0.25) is 5.91 Å². The van der Waals surface area contributed by atoms with E-state index in [1.807, 2.05) is 16.7 Å². The molecule has 6 heteroatoms. The zero-order chi connectivity index (χ0) is 18.7. The first-order valence-corrected chi connectivity index (χ1v) is 9.60. The fraction of sp³-hybridized carbons (Fsp3) is 0.600. The summed E-state index contributed by atoms with van der Waals surface area (Å²) in [4.78, 5) is 30.3. The summed E-state index contributed by atoms with van der Waals surface area (Å²) in [5.74, 6) is 0.441. The van der Waals surface area contributed by atoms with E-state index in [0.29, 0.717) is 13.0 Å². The molecule has 1 aromatic rings. The second-order valence-corrected chi connectivity index (χ2v) is 7.51. The number of benzene rings is 1. The number of carbonyl (C=O) groups is 2. The van der Waals surface area contributed by atoms with Crippen LogP contribution in [-0.2, 0) is 4.79 Å². The fourth-order valence-corrected chi connectivity index (χ4v) is 3.94. The number of hydrogen-bond donors (Lipinski definition) is 1. The Hall–Kier alpha value is -2.24. The molecule has 0 bridgehead atoms. The highest BCUT2D eigenvalue weighted by Crippen LogP contribution is 2.20. The van der Waals surface area contributed by atoms with Gasteiger partial charge in [0.05, 0.1) is 0 Å². The smallest absolute Gasteiger partial charge is 0.317 e. The number of nitrogens with zero attached hydrogens (tertiary/aromatic N) is 3. The van der Waals surface area contributed by atoms with Crippen molar-refractivity contribution in [1.29, 1.82) is 0 Å². The van der Waals surface area contributed by atoms with E-state index < -0.39 is 0 Å². The molecule has 3 rings (SSSR count). The van der Waals surface area contributed by atoms with Crippen molar-refractivity contribution in [3.8, 4) is 0 Å². The first kappa shape index (κ1) is 18.5. The van der Waals surface area contributed by atoms with E-state index in [-0.39, 0.29) is 17.9 Å². The number of aryl methyl sites for hydroxylation is 2. The number of urea groups is 1. The summed E-state index contributed by atoms with van der Waals surface area (Å²) in [7, 11) is 0. The number of hydrogen-bond acceptors (Lipinski definition) is 3. The third kappa shape index (κ3) is 4.29. The molecule has 0 radical (unpaired) electrons. The molecule has 0 aromatic heterocycles. The van der Waals surface area contributed by atoms with Crippen LogP contribution in [0, 0.1) is 19.8 Å². The Kier molecular flexibility index (Phi) is 5.69. The molecule has 1 atom stereocenters. The lowest BCUT2D eigenvalue weighted by Crippen LogP contribution is -2.52. The molecule has 0 unspecified atom stereocenters. The van der Waals surface area contributed by atoms with Crippen LogP contribution in [0.25, 0.3) is 0 Å². The minimum atomic E-state index is -0.00697. The lowest BCUT2D eigenvalue weighted by molar-refractivity contribution is -0.127. The molecule has 2 heterocycles. The van der Waals surface area contributed by atoms with Gasteiger partial charge >= 0.3 is 6.03 Å². The number of carbonyl (C=O) groups excluding carboxylic acids is 2. The summed E-state index contributed by atoms with van der Waals surface area (Å²) >= 11 is 0. The largest absolute Gasteiger partial charge is 0.368 e. The van der Waals surface area contributed by atoms with Gasteiger partial charge in [0.15, 0.2) is 0 Å². The summed E-state index contributed by atoms with van der Waals surface area (Å²) < 4.78 is 0. The quantitative estimate of drug-likeness (QED) is 0.896. The Morgan fingerprint density at radius 2 is 1.77 bits per heavy atom. The van der Waals surface area contributed by atoms with E-state index in [1.165, 1.54) is 16.8 Å². The van der Waals surface area contributed by atoms with Crippen molar-refractivity contribution >= 4 is 17.6 Å². The van der Waals surface area contributed by atoms with E-state index in [2.05, 4.69) is 42.3 Å². The molecule has 142 valence electrons. The van der Waals surface area contributed by atoms with Crippen LogP contribution in [-0.4, -0.2) is 67.6 Å². The Labute approximate surface area is 156 Å². The highest BCUT2D eigenvalue weighted by atomic mass is 16.2. The van der Waals surface area contributed by atoms with Gasteiger partial charge in [-0.15, -0.1) is 0 Å². The van der Waals surface area contributed by atoms with E-state index in [4.69, 9.17) is 0 Å². The number of likely N-dealkylation sites (tertiary alicyclic amines) is 1. The second kappa shape index (κ2) is 7.98. The van der Waals surface area contributed by atoms with Crippen LogP contribution in [0.3, 0.4) is 0 Å². The zero-order valence-corrected chi connectivity index (χ0v) is 16.1. The van der Waals surface area contributed by atoms with Crippen molar-refractivity contribution in [1.82, 2.24) is 15.1 Å². The van der Waals surface area contributed by atoms with Crippen molar-refractivity contribution in [2.45, 2.75) is 27.2 Å². The molecule has 2 saturated heterocycles. The van der Waals surface area contributed by atoms with Crippen molar-refractivity contribution in [2.24, 2.45) is 5.92 Å². The first-order valence-electron chi connectivity index (χ1n) is 9.60. The van der Waals surface area contributed by atoms with Gasteiger partial charge in [0, 0.05) is 63.8 Å². The standard InChI is InChI=1S/C20H30N4O2/c1-4-22-14-17(12-19(22)25)13-21-20(26)24-7-5-23(6-8-24)18-10-15(2)9-16(3)11-18/h9-11,17H,4-8,12-14H2,1-3H3,(H,21,26)/t17-/m1/s1. The molecule has 2 fully saturated rings. The normalized spacial score (nSPS) is 20.7. The summed E-state index contributed by atoms with van der Waals surface area (Å²) in [5.41, 5.74) is 3.78. The molecule has 2 aliphatic heterocycles. The lowest BCUT2D eigenvalue weighted by atomic mass is 10.1. The van der Waals surface area contributed by atoms with Crippen LogP contribution in [0.5, 0.6) is 0 Å². The number of piperazine rings is 1. The molecule has 0 aliphatic carbocycles. The van der Waals surface area contributed by atoms with Gasteiger partial charge in [0.25, 0.3) is 0 Å². The van der Waals surface area contributed by atoms with Gasteiger partial charge in [0.1, 0.15) is 0 Å². The molecule has 3 amide bonds. The Morgan fingerprint density at radius 3 is 2.35 bits per heavy atom. The average Bonchev–Trinajstić information content (AvgIpc) is 2.99. The van der Waals surface area contributed by atoms with Gasteiger partial charge in [-0.05, 0) is 44.0 Å². The van der Waals surface area contributed by atoms with E-state index in [0.717, 1.165) is 39.3 Å². The van der Waals surface area contributed by atoms with E-state index in [9.17, 15) is 9.59 Å². The molecule has 0 spiro atoms. The van der Waals surface area contributed by atoms with Crippen LogP contribution >= 0.6 is 0 Å². The summed E-state index contributed by atoms with van der Waals surface area (Å²) in [6, 6.07) is 6.59. The molecule has 26 heavy (non-hydrogen) atoms. The number of rotatable bonds is 4. The van der Waals surface area contributed by atoms with Crippen molar-refractivity contribution in [3.63, 3.8) is 0 Å². The van der Waals surface area contributed by atoms with Crippen LogP contribution in [0.4, 0.5) is 10.5 Å². The van der Waals surface area contributed by atoms with Crippen LogP contribution in [0.2, 0.25) is 0 Å². The predicted molar refractivity (Wildman–Crippen MR) is 103 cm³/mol. The molecule has 1 aromatic carbocycles. The van der Waals surface area contributed by atoms with Gasteiger partial charge < -0.3 is 20.0 Å². The van der Waals surface area contributed by atoms with Crippen molar-refractivity contribution in [3.05, 3.63) is 29.3 Å². The summed E-state index contributed by atoms with van der Waals surface area (Å²) in [6.45, 7) is 11.5. The van der Waals surface area contributed by atoms with Gasteiger partial charge in [-0.2, -0.15) is 0 Å². The fourth-order valence-electron chi connectivity index (χ4n) is 3.94. The number of amides is 3. The van der Waals surface area contributed by atoms with Crippen molar-refractivity contribution < 1.29 is 9.59 Å². The molecule has 6 nitrogen and oxygen atoms in total. The van der Waals surface area contributed by atoms with Crippen LogP contribution in [0.1, 0.15) is 24.5 Å². The topological polar surface area (TPSA) is 55.9 Å². The molecule has 2 aliphatic rings. The molecular formula is C20H30N4O2. The first-order chi connectivity index (χ1) is 12.5. The number of nitrogens with one attached hydrogen (secondary N) is 1. The molecule has 0 saturated carbocycles. The maximum Gasteiger partial charge on any atom is 0.317 e. The third-order valence-electron chi connectivity index (χ3n) is 5.36. The van der Waals surface area contributed by atoms with Gasteiger partial charge in [-0.3, -0.25) is 4.79 Å². The molecule has 1 N–H and O–H groups in total. The highest BCUT2D eigenvalue weighted by molar-refractivity contribution is 5.79. The lowest BCUT2D eigenvalue weighted by Gasteiger charge is -2.36. The average molecular weight is 358 g/mol. The SMILES string of the molecule is CCN1C[C@@H](CNC(=O)N2CCN(c3cc(C)cc(C)c3)CC2)CC1=O. The van der Waals surface area contributed by atoms with E-state index in [1.54, 1.807) is 0 Å². The summed E-state index contributed by atoms with van der Waals surface area (Å²) in [6.07, 6.45) is 0.550. The highest BCUT2D eigenvalue weighted by Gasteiger charge is 2.29. The zero-order valence-electron chi connectivity index (χ0n) is 16.1. The van der Waals surface area contributed by atoms with Crippen LogP contribution < -0.4 is 10.2 Å². The maximum atomic E-state index is 12.4. The summed E-state index contributed by atoms with van der Waals surface area (Å²) in [5, 5.41) is 3.02. The Balaban J connectivity index is 1.46. The minimum Gasteiger partial charge on any atom is -0.368 e. The maximum absolute atomic E-state index is 12.4. The Morgan fingerprint density at radius 1 is 1.12 bits per heavy atom. The van der Waals surface area contributed by atoms with E-state index >= 15 is 0 Å². The predicted octanol–water partition coefficient (Wildman–Crippen LogP) is 2.00. The van der Waals surface area contributed by atoms with Crippen LogP contribution in [0.15, 0.2) is 18.2 Å². The Bertz CT molecular complexity index is 648. The third-order valence-corrected chi connectivity index (χ3v) is 5.36. The van der Waals surface area contributed by atoms with Crippen molar-refractivity contribution in [2.75, 3.05) is 50.7 Å². The monoisotopic (exact) mass is 358 g/mol. The van der Waals surface area contributed by atoms with Gasteiger partial charge in [-0.1, -0.05) is 6.07 Å². The number of anilines is 1. The minimum absolute atomic E-state index is 0.00697.